The fourth-order valence-electron chi connectivity index (χ4n) is 5.47. The Bertz CT molecular complexity index is 450. The van der Waals surface area contributed by atoms with E-state index in [2.05, 4.69) is 29.0 Å². The fraction of sp³-hybridized carbons (Fsp3) is 0.824. The Balaban J connectivity index is 1.53. The highest BCUT2D eigenvalue weighted by Gasteiger charge is 2.48. The van der Waals surface area contributed by atoms with Crippen molar-refractivity contribution in [1.82, 2.24) is 9.55 Å². The van der Waals surface area contributed by atoms with Crippen molar-refractivity contribution in [3.63, 3.8) is 0 Å². The second kappa shape index (κ2) is 4.87. The lowest BCUT2D eigenvalue weighted by Gasteiger charge is -2.54. The number of rotatable bonds is 4. The number of imidazole rings is 1. The van der Waals surface area contributed by atoms with Crippen LogP contribution in [-0.2, 0) is 6.42 Å². The normalized spacial score (nSPS) is 40.2. The first-order valence-corrected chi connectivity index (χ1v) is 8.45. The van der Waals surface area contributed by atoms with Crippen LogP contribution < -0.4 is 5.73 Å². The van der Waals surface area contributed by atoms with Crippen molar-refractivity contribution in [2.45, 2.75) is 51.5 Å². The Labute approximate surface area is 122 Å². The molecule has 5 rings (SSSR count). The van der Waals surface area contributed by atoms with Gasteiger partial charge in [0.1, 0.15) is 0 Å². The van der Waals surface area contributed by atoms with Gasteiger partial charge in [-0.1, -0.05) is 6.92 Å². The summed E-state index contributed by atoms with van der Waals surface area (Å²) in [5.74, 6) is 4.50. The summed E-state index contributed by atoms with van der Waals surface area (Å²) in [5.41, 5.74) is 6.96. The second-order valence-electron chi connectivity index (χ2n) is 7.78. The zero-order chi connectivity index (χ0) is 13.7. The molecule has 0 radical (unpaired) electrons. The van der Waals surface area contributed by atoms with Crippen molar-refractivity contribution in [3.05, 3.63) is 18.2 Å². The van der Waals surface area contributed by atoms with Crippen LogP contribution in [0, 0.1) is 29.6 Å². The fourth-order valence-corrected chi connectivity index (χ4v) is 5.47. The number of nitrogens with two attached hydrogens (primary N) is 1. The van der Waals surface area contributed by atoms with E-state index in [0.29, 0.717) is 5.92 Å². The van der Waals surface area contributed by atoms with Crippen LogP contribution in [0.4, 0.5) is 0 Å². The molecule has 4 fully saturated rings. The van der Waals surface area contributed by atoms with Crippen LogP contribution in [0.2, 0.25) is 0 Å². The van der Waals surface area contributed by atoms with Crippen molar-refractivity contribution in [2.75, 3.05) is 6.54 Å². The van der Waals surface area contributed by atoms with Gasteiger partial charge in [-0.25, -0.2) is 4.98 Å². The summed E-state index contributed by atoms with van der Waals surface area (Å²) in [4.78, 5) is 4.64. The molecule has 3 heteroatoms. The first-order valence-electron chi connectivity index (χ1n) is 8.45. The third kappa shape index (κ3) is 2.11. The van der Waals surface area contributed by atoms with Gasteiger partial charge < -0.3 is 10.3 Å². The third-order valence-corrected chi connectivity index (χ3v) is 6.14. The molecular weight excluding hydrogens is 246 g/mol. The Hall–Kier alpha value is -0.830. The lowest BCUT2D eigenvalue weighted by atomic mass is 9.54. The molecule has 20 heavy (non-hydrogen) atoms. The molecule has 3 nitrogen and oxygen atoms in total. The Morgan fingerprint density at radius 3 is 2.45 bits per heavy atom. The lowest BCUT2D eigenvalue weighted by molar-refractivity contribution is -0.0291. The van der Waals surface area contributed by atoms with Gasteiger partial charge in [-0.3, -0.25) is 0 Å². The van der Waals surface area contributed by atoms with Crippen molar-refractivity contribution >= 4 is 0 Å². The highest BCUT2D eigenvalue weighted by Crippen LogP contribution is 2.58. The molecule has 0 aliphatic heterocycles. The molecule has 4 aliphatic carbocycles. The van der Waals surface area contributed by atoms with Crippen LogP contribution in [-0.4, -0.2) is 16.1 Å². The number of hydrogen-bond donors (Lipinski definition) is 1. The standard InChI is InChI=1S/C17H27N3/c1-11(8-18)2-16-9-20(10-19-16)17-14-4-12-3-13(6-14)7-15(17)5-12/h9-15,17H,2-8,18H2,1H3. The smallest absolute Gasteiger partial charge is 0.0952 e. The van der Waals surface area contributed by atoms with Crippen LogP contribution in [0.5, 0.6) is 0 Å². The molecule has 110 valence electrons. The van der Waals surface area contributed by atoms with E-state index in [9.17, 15) is 0 Å². The predicted octanol–water partition coefficient (Wildman–Crippen LogP) is 3.02. The molecule has 4 aliphatic rings. The van der Waals surface area contributed by atoms with E-state index in [1.807, 2.05) is 0 Å². The summed E-state index contributed by atoms with van der Waals surface area (Å²) in [6.07, 6.45) is 12.9. The van der Waals surface area contributed by atoms with Gasteiger partial charge in [0.15, 0.2) is 0 Å². The van der Waals surface area contributed by atoms with Gasteiger partial charge in [-0.2, -0.15) is 0 Å². The molecule has 0 spiro atoms. The molecule has 1 aromatic heterocycles. The third-order valence-electron chi connectivity index (χ3n) is 6.14. The minimum absolute atomic E-state index is 0.539. The molecule has 1 heterocycles. The molecular formula is C17H27N3. The summed E-state index contributed by atoms with van der Waals surface area (Å²) in [6.45, 7) is 2.97. The van der Waals surface area contributed by atoms with Gasteiger partial charge in [0.05, 0.1) is 12.0 Å². The van der Waals surface area contributed by atoms with Crippen molar-refractivity contribution in [2.24, 2.45) is 35.3 Å². The summed E-state index contributed by atoms with van der Waals surface area (Å²) in [6, 6.07) is 0.747. The largest absolute Gasteiger partial charge is 0.334 e. The summed E-state index contributed by atoms with van der Waals surface area (Å²) >= 11 is 0. The van der Waals surface area contributed by atoms with E-state index >= 15 is 0 Å². The first-order chi connectivity index (χ1) is 9.72. The Kier molecular flexibility index (Phi) is 3.13. The number of hydrogen-bond acceptors (Lipinski definition) is 2. The maximum Gasteiger partial charge on any atom is 0.0952 e. The van der Waals surface area contributed by atoms with Crippen LogP contribution in [0.1, 0.15) is 50.8 Å². The van der Waals surface area contributed by atoms with E-state index in [-0.39, 0.29) is 0 Å². The van der Waals surface area contributed by atoms with Gasteiger partial charge in [0.2, 0.25) is 0 Å². The topological polar surface area (TPSA) is 43.8 Å². The average molecular weight is 273 g/mol. The van der Waals surface area contributed by atoms with Crippen LogP contribution in [0.15, 0.2) is 12.5 Å². The monoisotopic (exact) mass is 273 g/mol. The highest BCUT2D eigenvalue weighted by molar-refractivity contribution is 5.06. The van der Waals surface area contributed by atoms with E-state index < -0.39 is 0 Å². The SMILES string of the molecule is CC(CN)Cc1cn(C2C3CC4CC(C3)CC2C4)cn1. The summed E-state index contributed by atoms with van der Waals surface area (Å²) < 4.78 is 2.46. The van der Waals surface area contributed by atoms with E-state index in [4.69, 9.17) is 5.73 Å². The molecule has 0 aromatic carbocycles. The molecule has 4 saturated carbocycles. The second-order valence-corrected chi connectivity index (χ2v) is 7.78. The van der Waals surface area contributed by atoms with Gasteiger partial charge >= 0.3 is 0 Å². The molecule has 1 unspecified atom stereocenters. The van der Waals surface area contributed by atoms with E-state index in [1.54, 1.807) is 0 Å². The zero-order valence-electron chi connectivity index (χ0n) is 12.5. The molecule has 0 saturated heterocycles. The zero-order valence-corrected chi connectivity index (χ0v) is 12.5. The van der Waals surface area contributed by atoms with E-state index in [1.165, 1.54) is 37.8 Å². The van der Waals surface area contributed by atoms with Crippen LogP contribution >= 0.6 is 0 Å². The summed E-state index contributed by atoms with van der Waals surface area (Å²) in [5, 5.41) is 0. The van der Waals surface area contributed by atoms with Crippen molar-refractivity contribution in [1.29, 1.82) is 0 Å². The van der Waals surface area contributed by atoms with Crippen LogP contribution in [0.3, 0.4) is 0 Å². The number of nitrogens with zero attached hydrogens (tertiary/aromatic N) is 2. The minimum atomic E-state index is 0.539. The lowest BCUT2D eigenvalue weighted by Crippen LogP contribution is -2.45. The van der Waals surface area contributed by atoms with Crippen molar-refractivity contribution in [3.8, 4) is 0 Å². The van der Waals surface area contributed by atoms with Gasteiger partial charge in [0.25, 0.3) is 0 Å². The van der Waals surface area contributed by atoms with Gasteiger partial charge in [0, 0.05) is 12.2 Å². The Morgan fingerprint density at radius 1 is 1.20 bits per heavy atom. The summed E-state index contributed by atoms with van der Waals surface area (Å²) in [7, 11) is 0. The van der Waals surface area contributed by atoms with Gasteiger partial charge in [-0.05, 0) is 74.7 Å². The highest BCUT2D eigenvalue weighted by atomic mass is 15.1. The first kappa shape index (κ1) is 12.9. The molecule has 4 bridgehead atoms. The van der Waals surface area contributed by atoms with E-state index in [0.717, 1.165) is 42.7 Å². The van der Waals surface area contributed by atoms with Gasteiger partial charge in [-0.15, -0.1) is 0 Å². The molecule has 1 atom stereocenters. The number of aromatic nitrogens is 2. The molecule has 1 aromatic rings. The Morgan fingerprint density at radius 2 is 1.85 bits per heavy atom. The minimum Gasteiger partial charge on any atom is -0.334 e. The van der Waals surface area contributed by atoms with Crippen LogP contribution in [0.25, 0.3) is 0 Å². The quantitative estimate of drug-likeness (QED) is 0.916. The maximum atomic E-state index is 5.73. The molecule has 2 N–H and O–H groups in total. The average Bonchev–Trinajstić information content (AvgIpc) is 2.85. The maximum absolute atomic E-state index is 5.73. The molecule has 0 amide bonds. The van der Waals surface area contributed by atoms with Crippen molar-refractivity contribution < 1.29 is 0 Å². The predicted molar refractivity (Wildman–Crippen MR) is 80.2 cm³/mol.